The van der Waals surface area contributed by atoms with Crippen LogP contribution in [-0.4, -0.2) is 52.1 Å². The first-order valence-electron chi connectivity index (χ1n) is 10.9. The number of nitrogens with zero attached hydrogens (tertiary/aromatic N) is 4. The number of pyridine rings is 1. The van der Waals surface area contributed by atoms with Crippen LogP contribution in [-0.2, 0) is 4.79 Å². The Morgan fingerprint density at radius 3 is 2.68 bits per heavy atom. The summed E-state index contributed by atoms with van der Waals surface area (Å²) < 4.78 is 16.1. The number of fused-ring (bicyclic) bond motifs is 1. The predicted octanol–water partition coefficient (Wildman–Crippen LogP) is 3.99. The van der Waals surface area contributed by atoms with E-state index in [1.54, 1.807) is 60.9 Å². The summed E-state index contributed by atoms with van der Waals surface area (Å²) in [5.41, 5.74) is 1.69. The second-order valence-corrected chi connectivity index (χ2v) is 8.65. The number of ether oxygens (including phenoxy) is 3. The topological polar surface area (TPSA) is 127 Å². The molecule has 10 nitrogen and oxygen atoms in total. The number of benzene rings is 2. The standard InChI is InChI=1S/C26H19N5O5S/c1-34-18-7-3-5-16(13-18)25(33)36-20-9-8-15(12-21(20)35-2)11-19-22(27)31-26(29-23(19)32)37-24(30-31)17-6-4-10-28-14-17/h3-14,27H,1-2H3/b19-11-,27-22?. The van der Waals surface area contributed by atoms with Gasteiger partial charge in [0.1, 0.15) is 10.8 Å². The smallest absolute Gasteiger partial charge is 0.343 e. The van der Waals surface area contributed by atoms with Crippen molar-refractivity contribution in [1.82, 2.24) is 9.99 Å². The third-order valence-corrected chi connectivity index (χ3v) is 6.33. The number of hydrazone groups is 1. The van der Waals surface area contributed by atoms with Crippen LogP contribution < -0.4 is 14.2 Å². The minimum absolute atomic E-state index is 0.0590. The molecule has 0 fully saturated rings. The lowest BCUT2D eigenvalue weighted by Crippen LogP contribution is -2.35. The van der Waals surface area contributed by atoms with Gasteiger partial charge in [0.25, 0.3) is 5.91 Å². The molecule has 0 atom stereocenters. The molecule has 0 unspecified atom stereocenters. The molecule has 0 aliphatic carbocycles. The Morgan fingerprint density at radius 2 is 1.92 bits per heavy atom. The van der Waals surface area contributed by atoms with Gasteiger partial charge in [0.15, 0.2) is 17.3 Å². The van der Waals surface area contributed by atoms with Crippen LogP contribution in [0.4, 0.5) is 0 Å². The third-order valence-electron chi connectivity index (χ3n) is 5.37. The van der Waals surface area contributed by atoms with Crippen molar-refractivity contribution in [2.45, 2.75) is 0 Å². The van der Waals surface area contributed by atoms with Crippen LogP contribution >= 0.6 is 11.8 Å². The predicted molar refractivity (Wildman–Crippen MR) is 139 cm³/mol. The van der Waals surface area contributed by atoms with Gasteiger partial charge in [0, 0.05) is 18.0 Å². The van der Waals surface area contributed by atoms with Gasteiger partial charge in [-0.3, -0.25) is 15.2 Å². The molecule has 2 aliphatic heterocycles. The van der Waals surface area contributed by atoms with Crippen LogP contribution in [0.15, 0.2) is 82.7 Å². The number of thioether (sulfide) groups is 1. The lowest BCUT2D eigenvalue weighted by molar-refractivity contribution is -0.114. The average molecular weight is 514 g/mol. The Bertz CT molecular complexity index is 1520. The SMILES string of the molecule is COc1cccc(C(=O)Oc2ccc(/C=C3/C(=N)N4N=C(c5cccnc5)SC4=NC3=O)cc2OC)c1. The first-order valence-corrected chi connectivity index (χ1v) is 11.7. The van der Waals surface area contributed by atoms with Crippen molar-refractivity contribution in [3.63, 3.8) is 0 Å². The van der Waals surface area contributed by atoms with Crippen LogP contribution in [0.1, 0.15) is 21.5 Å². The summed E-state index contributed by atoms with van der Waals surface area (Å²) in [6.07, 6.45) is 4.83. The van der Waals surface area contributed by atoms with Crippen LogP contribution in [0.5, 0.6) is 17.2 Å². The van der Waals surface area contributed by atoms with E-state index in [1.807, 2.05) is 6.07 Å². The van der Waals surface area contributed by atoms with Crippen molar-refractivity contribution < 1.29 is 23.8 Å². The van der Waals surface area contributed by atoms with E-state index in [2.05, 4.69) is 15.1 Å². The van der Waals surface area contributed by atoms with Crippen LogP contribution in [0.3, 0.4) is 0 Å². The second kappa shape index (κ2) is 10.1. The van der Waals surface area contributed by atoms with Crippen molar-refractivity contribution in [3.05, 3.63) is 89.3 Å². The fourth-order valence-corrected chi connectivity index (χ4v) is 4.41. The molecule has 0 saturated heterocycles. The highest BCUT2D eigenvalue weighted by Crippen LogP contribution is 2.33. The molecular formula is C26H19N5O5S. The number of aromatic nitrogens is 1. The number of carbonyl (C=O) groups is 2. The number of amides is 1. The highest BCUT2D eigenvalue weighted by atomic mass is 32.2. The average Bonchev–Trinajstić information content (AvgIpc) is 3.36. The number of carbonyl (C=O) groups excluding carboxylic acids is 2. The highest BCUT2D eigenvalue weighted by molar-refractivity contribution is 8.27. The summed E-state index contributed by atoms with van der Waals surface area (Å²) in [7, 11) is 2.95. The van der Waals surface area contributed by atoms with E-state index in [9.17, 15) is 9.59 Å². The fraction of sp³-hybridized carbons (Fsp3) is 0.0769. The minimum atomic E-state index is -0.580. The van der Waals surface area contributed by atoms with E-state index in [4.69, 9.17) is 19.6 Å². The number of methoxy groups -OCH3 is 2. The number of amidine groups is 2. The molecule has 1 N–H and O–H groups in total. The van der Waals surface area contributed by atoms with Crippen molar-refractivity contribution in [2.75, 3.05) is 14.2 Å². The lowest BCUT2D eigenvalue weighted by Gasteiger charge is -2.20. The second-order valence-electron chi connectivity index (χ2n) is 7.70. The summed E-state index contributed by atoms with van der Waals surface area (Å²) in [4.78, 5) is 33.6. The minimum Gasteiger partial charge on any atom is -0.497 e. The maximum atomic E-state index is 12.8. The van der Waals surface area contributed by atoms with E-state index < -0.39 is 11.9 Å². The van der Waals surface area contributed by atoms with Gasteiger partial charge in [-0.2, -0.15) is 15.1 Å². The van der Waals surface area contributed by atoms with Gasteiger partial charge in [-0.1, -0.05) is 12.1 Å². The molecule has 1 amide bonds. The van der Waals surface area contributed by atoms with Crippen LogP contribution in [0, 0.1) is 5.41 Å². The molecule has 1 aromatic heterocycles. The molecule has 3 heterocycles. The maximum Gasteiger partial charge on any atom is 0.343 e. The molecule has 0 radical (unpaired) electrons. The zero-order chi connectivity index (χ0) is 25.9. The van der Waals surface area contributed by atoms with Crippen molar-refractivity contribution in [1.29, 1.82) is 5.41 Å². The molecule has 0 spiro atoms. The molecule has 2 aliphatic rings. The van der Waals surface area contributed by atoms with E-state index >= 15 is 0 Å². The third kappa shape index (κ3) is 4.84. The van der Waals surface area contributed by atoms with E-state index in [0.717, 1.165) is 5.56 Å². The molecule has 0 saturated carbocycles. The highest BCUT2D eigenvalue weighted by Gasteiger charge is 2.36. The zero-order valence-corrected chi connectivity index (χ0v) is 20.5. The molecule has 5 rings (SSSR count). The molecule has 184 valence electrons. The zero-order valence-electron chi connectivity index (χ0n) is 19.7. The number of hydrogen-bond acceptors (Lipinski definition) is 9. The number of nitrogens with one attached hydrogen (secondary N) is 1. The number of rotatable bonds is 6. The quantitative estimate of drug-likeness (QED) is 0.298. The molecule has 3 aromatic rings. The van der Waals surface area contributed by atoms with Crippen LogP contribution in [0.25, 0.3) is 6.08 Å². The Balaban J connectivity index is 1.39. The summed E-state index contributed by atoms with van der Waals surface area (Å²) in [6.45, 7) is 0. The van der Waals surface area contributed by atoms with E-state index in [-0.39, 0.29) is 22.9 Å². The van der Waals surface area contributed by atoms with Crippen molar-refractivity contribution >= 4 is 45.8 Å². The number of esters is 1. The largest absolute Gasteiger partial charge is 0.497 e. The summed E-state index contributed by atoms with van der Waals surface area (Å²) in [5, 5.41) is 15.2. The summed E-state index contributed by atoms with van der Waals surface area (Å²) in [5.74, 6) is -0.235. The first-order chi connectivity index (χ1) is 18.0. The molecule has 0 bridgehead atoms. The number of hydrogen-bond donors (Lipinski definition) is 1. The van der Waals surface area contributed by atoms with E-state index in [0.29, 0.717) is 27.1 Å². The van der Waals surface area contributed by atoms with Gasteiger partial charge in [-0.15, -0.1) is 0 Å². The molecule has 37 heavy (non-hydrogen) atoms. The first kappa shape index (κ1) is 23.9. The Hall–Kier alpha value is -4.77. The Morgan fingerprint density at radius 1 is 1.05 bits per heavy atom. The van der Waals surface area contributed by atoms with Crippen molar-refractivity contribution in [3.8, 4) is 17.2 Å². The summed E-state index contributed by atoms with van der Waals surface area (Å²) >= 11 is 1.20. The summed E-state index contributed by atoms with van der Waals surface area (Å²) in [6, 6.07) is 15.0. The van der Waals surface area contributed by atoms with E-state index in [1.165, 1.54) is 37.1 Å². The van der Waals surface area contributed by atoms with Gasteiger partial charge in [-0.05, 0) is 65.9 Å². The molecule has 2 aromatic carbocycles. The van der Waals surface area contributed by atoms with Gasteiger partial charge >= 0.3 is 5.97 Å². The van der Waals surface area contributed by atoms with Gasteiger partial charge in [0.05, 0.1) is 25.4 Å². The van der Waals surface area contributed by atoms with Gasteiger partial charge in [-0.25, -0.2) is 4.79 Å². The lowest BCUT2D eigenvalue weighted by atomic mass is 10.1. The van der Waals surface area contributed by atoms with Gasteiger partial charge < -0.3 is 14.2 Å². The van der Waals surface area contributed by atoms with Gasteiger partial charge in [0.2, 0.25) is 5.17 Å². The fourth-order valence-electron chi connectivity index (χ4n) is 3.53. The molecular weight excluding hydrogens is 494 g/mol. The van der Waals surface area contributed by atoms with Crippen molar-refractivity contribution in [2.24, 2.45) is 10.1 Å². The number of aliphatic imine (C=N–C) groups is 1. The Kier molecular flexibility index (Phi) is 6.52. The Labute approximate surface area is 215 Å². The van der Waals surface area contributed by atoms with Crippen LogP contribution in [0.2, 0.25) is 0 Å². The molecule has 11 heteroatoms. The monoisotopic (exact) mass is 513 g/mol. The normalized spacial score (nSPS) is 15.7. The maximum absolute atomic E-state index is 12.8.